The molecule has 0 aliphatic carbocycles. The Morgan fingerprint density at radius 2 is 1.83 bits per heavy atom. The number of carbonyl (C=O) groups excluding carboxylic acids is 2. The molecule has 3 rings (SSSR count). The van der Waals surface area contributed by atoms with Crippen LogP contribution in [-0.2, 0) is 16.1 Å². The third-order valence-corrected chi connectivity index (χ3v) is 4.02. The Balaban J connectivity index is 1.49. The second-order valence-corrected chi connectivity index (χ2v) is 5.73. The summed E-state index contributed by atoms with van der Waals surface area (Å²) in [5.74, 6) is 0.0995. The molecule has 2 heterocycles. The fourth-order valence-corrected chi connectivity index (χ4v) is 2.60. The molecule has 6 nitrogen and oxygen atoms in total. The number of hydrogen-bond acceptors (Lipinski definition) is 4. The van der Waals surface area contributed by atoms with Crippen molar-refractivity contribution >= 4 is 17.5 Å². The summed E-state index contributed by atoms with van der Waals surface area (Å²) in [6.45, 7) is 1.78. The fourth-order valence-electron chi connectivity index (χ4n) is 2.60. The minimum atomic E-state index is -0.291. The van der Waals surface area contributed by atoms with Crippen molar-refractivity contribution < 1.29 is 18.7 Å². The van der Waals surface area contributed by atoms with Gasteiger partial charge in [-0.15, -0.1) is 0 Å². The van der Waals surface area contributed by atoms with Crippen LogP contribution in [-0.4, -0.2) is 25.0 Å². The Morgan fingerprint density at radius 3 is 2.50 bits per heavy atom. The molecule has 0 spiro atoms. The summed E-state index contributed by atoms with van der Waals surface area (Å²) in [4.78, 5) is 24.0. The molecule has 6 heteroatoms. The van der Waals surface area contributed by atoms with Crippen molar-refractivity contribution in [1.29, 1.82) is 0 Å². The normalized spacial score (nSPS) is 15.0. The summed E-state index contributed by atoms with van der Waals surface area (Å²) >= 11 is 0. The lowest BCUT2D eigenvalue weighted by Gasteiger charge is -2.21. The Kier molecular flexibility index (Phi) is 5.28. The van der Waals surface area contributed by atoms with E-state index in [2.05, 4.69) is 10.6 Å². The van der Waals surface area contributed by atoms with Gasteiger partial charge in [-0.25, -0.2) is 0 Å². The third kappa shape index (κ3) is 4.23. The molecule has 2 N–H and O–H groups in total. The first kappa shape index (κ1) is 16.3. The van der Waals surface area contributed by atoms with Crippen LogP contribution in [0.25, 0.3) is 0 Å². The van der Waals surface area contributed by atoms with Crippen molar-refractivity contribution in [3.05, 3.63) is 54.0 Å². The number of furan rings is 1. The highest BCUT2D eigenvalue weighted by Gasteiger charge is 2.21. The van der Waals surface area contributed by atoms with E-state index in [-0.39, 0.29) is 23.5 Å². The molecule has 0 bridgehead atoms. The van der Waals surface area contributed by atoms with Gasteiger partial charge < -0.3 is 19.8 Å². The standard InChI is InChI=1S/C18H20N2O4/c21-17(14-7-10-23-11-8-14)19-12-13-3-5-15(6-4-13)20-18(22)16-2-1-9-24-16/h1-6,9,14H,7-8,10-12H2,(H,19,21)(H,20,22). The van der Waals surface area contributed by atoms with Crippen LogP contribution in [0, 0.1) is 5.92 Å². The lowest BCUT2D eigenvalue weighted by molar-refractivity contribution is -0.128. The summed E-state index contributed by atoms with van der Waals surface area (Å²) in [5, 5.41) is 5.71. The predicted molar refractivity (Wildman–Crippen MR) is 88.5 cm³/mol. The van der Waals surface area contributed by atoms with E-state index in [1.165, 1.54) is 6.26 Å². The van der Waals surface area contributed by atoms with Crippen LogP contribution in [0.2, 0.25) is 0 Å². The van der Waals surface area contributed by atoms with Gasteiger partial charge in [0.05, 0.1) is 6.26 Å². The number of anilines is 1. The van der Waals surface area contributed by atoms with E-state index in [1.807, 2.05) is 12.1 Å². The van der Waals surface area contributed by atoms with Crippen LogP contribution in [0.1, 0.15) is 29.0 Å². The number of nitrogens with one attached hydrogen (secondary N) is 2. The second kappa shape index (κ2) is 7.79. The zero-order chi connectivity index (χ0) is 16.8. The third-order valence-electron chi connectivity index (χ3n) is 4.02. The maximum absolute atomic E-state index is 12.1. The van der Waals surface area contributed by atoms with E-state index in [4.69, 9.17) is 9.15 Å². The lowest BCUT2D eigenvalue weighted by Crippen LogP contribution is -2.33. The van der Waals surface area contributed by atoms with E-state index in [1.54, 1.807) is 24.3 Å². The molecule has 1 aliphatic heterocycles. The highest BCUT2D eigenvalue weighted by molar-refractivity contribution is 6.02. The van der Waals surface area contributed by atoms with Crippen LogP contribution in [0.5, 0.6) is 0 Å². The number of rotatable bonds is 5. The Labute approximate surface area is 140 Å². The van der Waals surface area contributed by atoms with Gasteiger partial charge in [0.25, 0.3) is 5.91 Å². The van der Waals surface area contributed by atoms with Gasteiger partial charge in [-0.2, -0.15) is 0 Å². The first-order valence-electron chi connectivity index (χ1n) is 8.01. The minimum absolute atomic E-state index is 0.0469. The monoisotopic (exact) mass is 328 g/mol. The molecule has 1 aromatic heterocycles. The van der Waals surface area contributed by atoms with Gasteiger partial charge >= 0.3 is 0 Å². The van der Waals surface area contributed by atoms with Crippen molar-refractivity contribution in [2.75, 3.05) is 18.5 Å². The molecule has 2 amide bonds. The fraction of sp³-hybridized carbons (Fsp3) is 0.333. The summed E-state index contributed by atoms with van der Waals surface area (Å²) in [7, 11) is 0. The molecule has 126 valence electrons. The Hall–Kier alpha value is -2.60. The molecule has 1 aromatic carbocycles. The molecule has 1 fully saturated rings. The van der Waals surface area contributed by atoms with Crippen molar-refractivity contribution in [2.45, 2.75) is 19.4 Å². The summed E-state index contributed by atoms with van der Waals surface area (Å²) in [6, 6.07) is 10.6. The number of carbonyl (C=O) groups is 2. The van der Waals surface area contributed by atoms with Crippen molar-refractivity contribution in [1.82, 2.24) is 5.32 Å². The molecule has 0 atom stereocenters. The number of benzene rings is 1. The first-order valence-corrected chi connectivity index (χ1v) is 8.01. The quantitative estimate of drug-likeness (QED) is 0.884. The van der Waals surface area contributed by atoms with Gasteiger partial charge in [0.2, 0.25) is 5.91 Å². The van der Waals surface area contributed by atoms with E-state index in [0.717, 1.165) is 18.4 Å². The average Bonchev–Trinajstić information content (AvgIpc) is 3.16. The van der Waals surface area contributed by atoms with Crippen molar-refractivity contribution in [3.8, 4) is 0 Å². The first-order chi connectivity index (χ1) is 11.7. The number of amides is 2. The van der Waals surface area contributed by atoms with Gasteiger partial charge in [0.15, 0.2) is 5.76 Å². The minimum Gasteiger partial charge on any atom is -0.459 e. The zero-order valence-corrected chi connectivity index (χ0v) is 13.3. The SMILES string of the molecule is O=C(Nc1ccc(CNC(=O)C2CCOCC2)cc1)c1ccco1. The molecule has 0 unspecified atom stereocenters. The summed E-state index contributed by atoms with van der Waals surface area (Å²) in [5.41, 5.74) is 1.65. The summed E-state index contributed by atoms with van der Waals surface area (Å²) < 4.78 is 10.3. The van der Waals surface area contributed by atoms with Crippen molar-refractivity contribution in [3.63, 3.8) is 0 Å². The molecule has 2 aromatic rings. The molecule has 1 saturated heterocycles. The average molecular weight is 328 g/mol. The molecular weight excluding hydrogens is 308 g/mol. The maximum Gasteiger partial charge on any atom is 0.291 e. The van der Waals surface area contributed by atoms with E-state index < -0.39 is 0 Å². The van der Waals surface area contributed by atoms with Crippen LogP contribution in [0.3, 0.4) is 0 Å². The number of hydrogen-bond donors (Lipinski definition) is 2. The predicted octanol–water partition coefficient (Wildman–Crippen LogP) is 2.57. The van der Waals surface area contributed by atoms with Gasteiger partial charge in [-0.05, 0) is 42.7 Å². The van der Waals surface area contributed by atoms with E-state index in [0.29, 0.717) is 25.4 Å². The molecule has 24 heavy (non-hydrogen) atoms. The lowest BCUT2D eigenvalue weighted by atomic mass is 9.99. The highest BCUT2D eigenvalue weighted by atomic mass is 16.5. The topological polar surface area (TPSA) is 80.6 Å². The van der Waals surface area contributed by atoms with E-state index >= 15 is 0 Å². The van der Waals surface area contributed by atoms with Crippen LogP contribution in [0.4, 0.5) is 5.69 Å². The maximum atomic E-state index is 12.1. The van der Waals surface area contributed by atoms with E-state index in [9.17, 15) is 9.59 Å². The van der Waals surface area contributed by atoms with Crippen molar-refractivity contribution in [2.24, 2.45) is 5.92 Å². The van der Waals surface area contributed by atoms with Crippen LogP contribution < -0.4 is 10.6 Å². The molecular formula is C18H20N2O4. The Morgan fingerprint density at radius 1 is 1.08 bits per heavy atom. The van der Waals surface area contributed by atoms with Gasteiger partial charge in [-0.3, -0.25) is 9.59 Å². The number of ether oxygens (including phenoxy) is 1. The molecule has 0 saturated carbocycles. The summed E-state index contributed by atoms with van der Waals surface area (Å²) in [6.07, 6.45) is 3.02. The smallest absolute Gasteiger partial charge is 0.291 e. The van der Waals surface area contributed by atoms with Crippen LogP contribution in [0.15, 0.2) is 47.1 Å². The molecule has 1 aliphatic rings. The van der Waals surface area contributed by atoms with Crippen LogP contribution >= 0.6 is 0 Å². The van der Waals surface area contributed by atoms with Gasteiger partial charge in [0, 0.05) is 31.4 Å². The largest absolute Gasteiger partial charge is 0.459 e. The van der Waals surface area contributed by atoms with Gasteiger partial charge in [-0.1, -0.05) is 12.1 Å². The second-order valence-electron chi connectivity index (χ2n) is 5.73. The zero-order valence-electron chi connectivity index (χ0n) is 13.3. The Bertz CT molecular complexity index is 674. The molecule has 0 radical (unpaired) electrons. The van der Waals surface area contributed by atoms with Gasteiger partial charge in [0.1, 0.15) is 0 Å². The highest BCUT2D eigenvalue weighted by Crippen LogP contribution is 2.15.